The van der Waals surface area contributed by atoms with Crippen molar-refractivity contribution in [3.63, 3.8) is 0 Å². The summed E-state index contributed by atoms with van der Waals surface area (Å²) in [5.74, 6) is -3.26. The summed E-state index contributed by atoms with van der Waals surface area (Å²) in [5, 5.41) is 10.8. The van der Waals surface area contributed by atoms with Crippen molar-refractivity contribution in [3.8, 4) is 11.4 Å². The number of halogens is 3. The molecule has 4 rings (SSSR count). The first-order valence-electron chi connectivity index (χ1n) is 10.5. The molecule has 3 heterocycles. The predicted octanol–water partition coefficient (Wildman–Crippen LogP) is 3.62. The molecule has 176 valence electrons. The van der Waals surface area contributed by atoms with E-state index >= 15 is 0 Å². The normalized spacial score (nSPS) is 15.4. The number of benzene rings is 1. The molecule has 0 saturated carbocycles. The average molecular weight is 462 g/mol. The number of aromatic nitrogens is 4. The Hall–Kier alpha value is -3.21. The second-order valence-corrected chi connectivity index (χ2v) is 9.30. The number of aryl methyl sites for hydroxylation is 1. The van der Waals surface area contributed by atoms with Crippen molar-refractivity contribution in [2.45, 2.75) is 46.8 Å². The van der Waals surface area contributed by atoms with Crippen LogP contribution in [-0.4, -0.2) is 44.1 Å². The van der Waals surface area contributed by atoms with Gasteiger partial charge < -0.3 is 14.3 Å². The fraction of sp³-hybridized carbons (Fsp3) is 0.455. The SMILES string of the molecule is Cc1nnc([C@H](NC(=O)c2nc(-c3cc(F)c(F)cc3F)n3c2CN(C)CC3)C(C)(C)C)o1. The molecule has 0 spiro atoms. The second kappa shape index (κ2) is 8.29. The van der Waals surface area contributed by atoms with Crippen molar-refractivity contribution in [2.75, 3.05) is 13.6 Å². The zero-order valence-electron chi connectivity index (χ0n) is 19.0. The highest BCUT2D eigenvalue weighted by Gasteiger charge is 2.35. The van der Waals surface area contributed by atoms with Crippen LogP contribution in [0.25, 0.3) is 11.4 Å². The molecule has 1 aromatic carbocycles. The fourth-order valence-corrected chi connectivity index (χ4v) is 3.85. The number of likely N-dealkylation sites (N-methyl/N-ethyl adjacent to an activating group) is 1. The van der Waals surface area contributed by atoms with Crippen molar-refractivity contribution in [3.05, 3.63) is 52.8 Å². The van der Waals surface area contributed by atoms with E-state index in [0.29, 0.717) is 37.3 Å². The first kappa shape index (κ1) is 23.0. The number of rotatable bonds is 4. The maximum Gasteiger partial charge on any atom is 0.272 e. The van der Waals surface area contributed by atoms with Crippen molar-refractivity contribution in [1.29, 1.82) is 0 Å². The van der Waals surface area contributed by atoms with Crippen LogP contribution in [0, 0.1) is 29.8 Å². The van der Waals surface area contributed by atoms with Gasteiger partial charge in [0.05, 0.1) is 11.3 Å². The van der Waals surface area contributed by atoms with E-state index in [4.69, 9.17) is 4.42 Å². The number of hydrogen-bond acceptors (Lipinski definition) is 6. The zero-order chi connectivity index (χ0) is 24.1. The van der Waals surface area contributed by atoms with E-state index < -0.39 is 34.8 Å². The highest BCUT2D eigenvalue weighted by molar-refractivity contribution is 5.94. The van der Waals surface area contributed by atoms with Gasteiger partial charge in [0.2, 0.25) is 11.8 Å². The Balaban J connectivity index is 1.78. The Bertz CT molecular complexity index is 1210. The van der Waals surface area contributed by atoms with Gasteiger partial charge in [-0.05, 0) is 18.5 Å². The Morgan fingerprint density at radius 3 is 2.45 bits per heavy atom. The lowest BCUT2D eigenvalue weighted by Crippen LogP contribution is -2.38. The second-order valence-electron chi connectivity index (χ2n) is 9.30. The largest absolute Gasteiger partial charge is 0.423 e. The van der Waals surface area contributed by atoms with Gasteiger partial charge in [0.1, 0.15) is 17.7 Å². The molecule has 0 bridgehead atoms. The maximum atomic E-state index is 14.6. The van der Waals surface area contributed by atoms with Gasteiger partial charge in [-0.1, -0.05) is 20.8 Å². The molecule has 1 aliphatic rings. The van der Waals surface area contributed by atoms with Gasteiger partial charge in [-0.3, -0.25) is 9.69 Å². The summed E-state index contributed by atoms with van der Waals surface area (Å²) >= 11 is 0. The lowest BCUT2D eigenvalue weighted by atomic mass is 9.86. The van der Waals surface area contributed by atoms with Crippen LogP contribution >= 0.6 is 0 Å². The van der Waals surface area contributed by atoms with Crippen LogP contribution in [0.3, 0.4) is 0 Å². The molecule has 1 atom stereocenters. The molecule has 1 aliphatic heterocycles. The van der Waals surface area contributed by atoms with Crippen molar-refractivity contribution >= 4 is 5.91 Å². The monoisotopic (exact) mass is 462 g/mol. The summed E-state index contributed by atoms with van der Waals surface area (Å²) < 4.78 is 49.2. The topological polar surface area (TPSA) is 89.1 Å². The summed E-state index contributed by atoms with van der Waals surface area (Å²) in [6, 6.07) is 0.627. The van der Waals surface area contributed by atoms with E-state index in [1.54, 1.807) is 11.5 Å². The standard InChI is InChI=1S/C22H25F3N6O2/c1-11-28-29-21(33-11)18(22(2,3)4)27-20(32)17-16-10-30(5)6-7-31(16)19(26-17)12-8-14(24)15(25)9-13(12)23/h8-9,18H,6-7,10H2,1-5H3,(H,27,32)/t18-/m0/s1. The van der Waals surface area contributed by atoms with Crippen LogP contribution in [0.4, 0.5) is 13.2 Å². The van der Waals surface area contributed by atoms with Crippen LogP contribution < -0.4 is 5.32 Å². The number of amides is 1. The number of hydrogen-bond donors (Lipinski definition) is 1. The molecule has 2 aromatic heterocycles. The van der Waals surface area contributed by atoms with Gasteiger partial charge >= 0.3 is 0 Å². The molecular formula is C22H25F3N6O2. The number of nitrogens with one attached hydrogen (secondary N) is 1. The summed E-state index contributed by atoms with van der Waals surface area (Å²) in [5.41, 5.74) is -0.0557. The van der Waals surface area contributed by atoms with E-state index in [-0.39, 0.29) is 23.0 Å². The molecule has 11 heteroatoms. The highest BCUT2D eigenvalue weighted by atomic mass is 19.2. The molecule has 0 fully saturated rings. The molecule has 1 amide bonds. The number of fused-ring (bicyclic) bond motifs is 1. The minimum atomic E-state index is -1.29. The van der Waals surface area contributed by atoms with Crippen LogP contribution in [0.5, 0.6) is 0 Å². The molecular weight excluding hydrogens is 437 g/mol. The molecule has 0 saturated heterocycles. The number of carbonyl (C=O) groups is 1. The molecule has 0 unspecified atom stereocenters. The number of nitrogens with zero attached hydrogens (tertiary/aromatic N) is 5. The quantitative estimate of drug-likeness (QED) is 0.596. The van der Waals surface area contributed by atoms with Gasteiger partial charge in [0, 0.05) is 32.6 Å². The number of carbonyl (C=O) groups excluding carboxylic acids is 1. The third-order valence-corrected chi connectivity index (χ3v) is 5.59. The smallest absolute Gasteiger partial charge is 0.272 e. The van der Waals surface area contributed by atoms with Crippen molar-refractivity contribution in [2.24, 2.45) is 5.41 Å². The average Bonchev–Trinajstić information content (AvgIpc) is 3.31. The van der Waals surface area contributed by atoms with Crippen LogP contribution in [-0.2, 0) is 13.1 Å². The van der Waals surface area contributed by atoms with E-state index in [1.165, 1.54) is 0 Å². The van der Waals surface area contributed by atoms with Gasteiger partial charge in [-0.2, -0.15) is 0 Å². The molecule has 0 radical (unpaired) electrons. The van der Waals surface area contributed by atoms with Crippen molar-refractivity contribution < 1.29 is 22.4 Å². The third-order valence-electron chi connectivity index (χ3n) is 5.59. The fourth-order valence-electron chi connectivity index (χ4n) is 3.85. The van der Waals surface area contributed by atoms with E-state index in [9.17, 15) is 18.0 Å². The number of imidazole rings is 1. The minimum absolute atomic E-state index is 0.0700. The molecule has 3 aromatic rings. The summed E-state index contributed by atoms with van der Waals surface area (Å²) in [6.07, 6.45) is 0. The predicted molar refractivity (Wildman–Crippen MR) is 113 cm³/mol. The van der Waals surface area contributed by atoms with Crippen LogP contribution in [0.2, 0.25) is 0 Å². The van der Waals surface area contributed by atoms with Gasteiger partial charge in [-0.25, -0.2) is 18.2 Å². The highest BCUT2D eigenvalue weighted by Crippen LogP contribution is 2.34. The third kappa shape index (κ3) is 4.37. The molecule has 8 nitrogen and oxygen atoms in total. The van der Waals surface area contributed by atoms with E-state index in [1.807, 2.05) is 32.7 Å². The van der Waals surface area contributed by atoms with Crippen molar-refractivity contribution in [1.82, 2.24) is 30.0 Å². The Morgan fingerprint density at radius 2 is 1.82 bits per heavy atom. The Kier molecular flexibility index (Phi) is 5.77. The van der Waals surface area contributed by atoms with Crippen LogP contribution in [0.15, 0.2) is 16.5 Å². The summed E-state index contributed by atoms with van der Waals surface area (Å²) in [4.78, 5) is 19.8. The Labute approximate surface area is 188 Å². The lowest BCUT2D eigenvalue weighted by Gasteiger charge is -2.29. The first-order chi connectivity index (χ1) is 15.5. The van der Waals surface area contributed by atoms with Gasteiger partial charge in [0.15, 0.2) is 17.3 Å². The lowest BCUT2D eigenvalue weighted by molar-refractivity contribution is 0.0877. The molecule has 1 N–H and O–H groups in total. The summed E-state index contributed by atoms with van der Waals surface area (Å²) in [7, 11) is 1.88. The maximum absolute atomic E-state index is 14.6. The molecule has 0 aliphatic carbocycles. The van der Waals surface area contributed by atoms with Gasteiger partial charge in [0.25, 0.3) is 5.91 Å². The molecule has 33 heavy (non-hydrogen) atoms. The first-order valence-corrected chi connectivity index (χ1v) is 10.5. The van der Waals surface area contributed by atoms with E-state index in [0.717, 1.165) is 6.07 Å². The Morgan fingerprint density at radius 1 is 1.12 bits per heavy atom. The minimum Gasteiger partial charge on any atom is -0.423 e. The van der Waals surface area contributed by atoms with E-state index in [2.05, 4.69) is 20.5 Å². The van der Waals surface area contributed by atoms with Crippen LogP contribution in [0.1, 0.15) is 54.8 Å². The zero-order valence-corrected chi connectivity index (χ0v) is 19.0. The summed E-state index contributed by atoms with van der Waals surface area (Å²) in [6.45, 7) is 8.80. The van der Waals surface area contributed by atoms with Gasteiger partial charge in [-0.15, -0.1) is 10.2 Å².